The summed E-state index contributed by atoms with van der Waals surface area (Å²) in [4.78, 5) is 25.2. The molecule has 2 heterocycles. The Kier molecular flexibility index (Phi) is 6.60. The smallest absolute Gasteiger partial charge is 0.256 e. The summed E-state index contributed by atoms with van der Waals surface area (Å²) >= 11 is 0. The topological polar surface area (TPSA) is 139 Å². The summed E-state index contributed by atoms with van der Waals surface area (Å²) in [7, 11) is 1.63. The quantitative estimate of drug-likeness (QED) is 0.237. The molecule has 1 amide bonds. The molecule has 2 aromatic heterocycles. The molecule has 1 fully saturated rings. The summed E-state index contributed by atoms with van der Waals surface area (Å²) in [6, 6.07) is 11.3. The normalized spacial score (nSPS) is 14.2. The minimum absolute atomic E-state index is 0.216. The molecular weight excluding hydrogens is 418 g/mol. The Morgan fingerprint density at radius 2 is 1.85 bits per heavy atom. The van der Waals surface area contributed by atoms with E-state index in [9.17, 15) is 4.79 Å². The molecule has 1 aliphatic rings. The van der Waals surface area contributed by atoms with Gasteiger partial charge in [-0.3, -0.25) is 10.2 Å². The molecule has 1 aromatic carbocycles. The number of nitrogens with two attached hydrogens (primary N) is 1. The van der Waals surface area contributed by atoms with Crippen molar-refractivity contribution in [3.05, 3.63) is 66.1 Å². The molecule has 0 bridgehead atoms. The second kappa shape index (κ2) is 9.74. The van der Waals surface area contributed by atoms with Crippen LogP contribution in [0.4, 0.5) is 11.8 Å². The van der Waals surface area contributed by atoms with E-state index in [0.717, 1.165) is 36.0 Å². The molecule has 5 N–H and O–H groups in total. The van der Waals surface area contributed by atoms with Gasteiger partial charge in [-0.15, -0.1) is 0 Å². The lowest BCUT2D eigenvalue weighted by atomic mass is 9.63. The number of nitrogen functional groups attached to an aromatic ring is 1. The van der Waals surface area contributed by atoms with Gasteiger partial charge in [0.25, 0.3) is 5.91 Å². The van der Waals surface area contributed by atoms with Gasteiger partial charge in [-0.2, -0.15) is 0 Å². The number of nitrogens with zero attached hydrogens (tertiary/aromatic N) is 3. The van der Waals surface area contributed by atoms with Crippen LogP contribution in [0.5, 0.6) is 0 Å². The lowest BCUT2D eigenvalue weighted by Crippen LogP contribution is -2.50. The van der Waals surface area contributed by atoms with E-state index in [1.54, 1.807) is 37.8 Å². The van der Waals surface area contributed by atoms with Crippen LogP contribution in [0.1, 0.15) is 35.2 Å². The Morgan fingerprint density at radius 1 is 1.12 bits per heavy atom. The molecule has 3 aromatic rings. The Morgan fingerprint density at radius 3 is 2.48 bits per heavy atom. The molecule has 0 aliphatic heterocycles. The summed E-state index contributed by atoms with van der Waals surface area (Å²) in [5, 5.41) is 14.7. The van der Waals surface area contributed by atoms with E-state index in [0.29, 0.717) is 24.5 Å². The van der Waals surface area contributed by atoms with Gasteiger partial charge in [-0.1, -0.05) is 30.7 Å². The molecule has 33 heavy (non-hydrogen) atoms. The van der Waals surface area contributed by atoms with Crippen LogP contribution in [-0.4, -0.2) is 47.0 Å². The van der Waals surface area contributed by atoms with Gasteiger partial charge in [0.1, 0.15) is 11.7 Å². The maximum atomic E-state index is 12.9. The highest BCUT2D eigenvalue weighted by Crippen LogP contribution is 2.44. The number of amides is 1. The third-order valence-electron chi connectivity index (χ3n) is 6.00. The third kappa shape index (κ3) is 4.83. The third-order valence-corrected chi connectivity index (χ3v) is 6.00. The number of amidine groups is 1. The molecule has 0 spiro atoms. The van der Waals surface area contributed by atoms with Gasteiger partial charge in [0, 0.05) is 43.4 Å². The van der Waals surface area contributed by atoms with Crippen LogP contribution in [0.25, 0.3) is 11.1 Å². The molecule has 1 saturated carbocycles. The highest BCUT2D eigenvalue weighted by atomic mass is 16.5. The van der Waals surface area contributed by atoms with Crippen molar-refractivity contribution in [2.75, 3.05) is 31.3 Å². The van der Waals surface area contributed by atoms with E-state index in [1.165, 1.54) is 0 Å². The average Bonchev–Trinajstić information content (AvgIpc) is 2.80. The number of ether oxygens (including phenoxy) is 1. The summed E-state index contributed by atoms with van der Waals surface area (Å²) < 4.78 is 5.02. The van der Waals surface area contributed by atoms with Crippen LogP contribution < -0.4 is 16.4 Å². The van der Waals surface area contributed by atoms with Crippen LogP contribution in [0.3, 0.4) is 0 Å². The molecular formula is C24H27N7O2. The van der Waals surface area contributed by atoms with Gasteiger partial charge in [-0.25, -0.2) is 15.0 Å². The fourth-order valence-electron chi connectivity index (χ4n) is 3.94. The number of carbonyl (C=O) groups excluding carboxylic acids is 1. The maximum absolute atomic E-state index is 12.9. The molecule has 0 saturated heterocycles. The van der Waals surface area contributed by atoms with E-state index >= 15 is 0 Å². The average molecular weight is 446 g/mol. The number of hydrogen-bond acceptors (Lipinski definition) is 8. The van der Waals surface area contributed by atoms with Gasteiger partial charge in [0.05, 0.1) is 12.0 Å². The molecule has 9 nitrogen and oxygen atoms in total. The minimum atomic E-state index is -0.488. The first-order chi connectivity index (χ1) is 16.0. The van der Waals surface area contributed by atoms with E-state index in [1.807, 2.05) is 24.3 Å². The van der Waals surface area contributed by atoms with Crippen molar-refractivity contribution < 1.29 is 9.53 Å². The van der Waals surface area contributed by atoms with Crippen LogP contribution >= 0.6 is 0 Å². The molecule has 1 aliphatic carbocycles. The largest absolute Gasteiger partial charge is 0.383 e. The SMILES string of the molecule is COCCNc1cc(C(=O)NC(=N)C2(c3ccc(-c4cnc(N)nc4)cc3)CCC2)ccn1. The number of rotatable bonds is 8. The number of hydrogen-bond donors (Lipinski definition) is 4. The number of aromatic nitrogens is 3. The molecule has 0 unspecified atom stereocenters. The van der Waals surface area contributed by atoms with Crippen molar-refractivity contribution in [2.45, 2.75) is 24.7 Å². The van der Waals surface area contributed by atoms with Crippen LogP contribution in [0.15, 0.2) is 55.0 Å². The fourth-order valence-corrected chi connectivity index (χ4v) is 3.94. The number of pyridine rings is 1. The van der Waals surface area contributed by atoms with Crippen molar-refractivity contribution in [1.29, 1.82) is 5.41 Å². The monoisotopic (exact) mass is 445 g/mol. The fraction of sp³-hybridized carbons (Fsp3) is 0.292. The number of carbonyl (C=O) groups is 1. The Bertz CT molecular complexity index is 1130. The molecule has 9 heteroatoms. The zero-order chi connectivity index (χ0) is 23.3. The maximum Gasteiger partial charge on any atom is 0.256 e. The number of nitrogens with one attached hydrogen (secondary N) is 3. The summed E-state index contributed by atoms with van der Waals surface area (Å²) in [6.45, 7) is 1.13. The van der Waals surface area contributed by atoms with Gasteiger partial charge in [-0.05, 0) is 36.1 Å². The lowest BCUT2D eigenvalue weighted by molar-refractivity contribution is 0.0972. The highest BCUT2D eigenvalue weighted by molar-refractivity contribution is 6.09. The van der Waals surface area contributed by atoms with Gasteiger partial charge in [0.2, 0.25) is 5.95 Å². The van der Waals surface area contributed by atoms with Crippen molar-refractivity contribution in [2.24, 2.45) is 0 Å². The van der Waals surface area contributed by atoms with E-state index in [-0.39, 0.29) is 17.7 Å². The Labute approximate surface area is 192 Å². The second-order valence-corrected chi connectivity index (χ2v) is 8.02. The second-order valence-electron chi connectivity index (χ2n) is 8.02. The van der Waals surface area contributed by atoms with Gasteiger partial charge < -0.3 is 21.1 Å². The zero-order valence-corrected chi connectivity index (χ0v) is 18.5. The summed E-state index contributed by atoms with van der Waals surface area (Å²) in [5.41, 5.74) is 8.38. The molecule has 0 atom stereocenters. The number of anilines is 2. The first-order valence-corrected chi connectivity index (χ1v) is 10.8. The Hall–Kier alpha value is -3.85. The molecule has 0 radical (unpaired) electrons. The number of benzene rings is 1. The first kappa shape index (κ1) is 22.3. The van der Waals surface area contributed by atoms with Crippen LogP contribution in [0.2, 0.25) is 0 Å². The van der Waals surface area contributed by atoms with Gasteiger partial charge >= 0.3 is 0 Å². The van der Waals surface area contributed by atoms with Gasteiger partial charge in [0.15, 0.2) is 0 Å². The standard InChI is InChI=1S/C24H27N7O2/c1-33-12-11-28-20-13-17(7-10-27-20)21(32)31-22(25)24(8-2-9-24)19-5-3-16(4-6-19)18-14-29-23(26)30-15-18/h3-7,10,13-15H,2,8-9,11-12H2,1H3,(H,27,28)(H2,25,31,32)(H2,26,29,30). The summed E-state index contributed by atoms with van der Waals surface area (Å²) in [6.07, 6.45) is 7.59. The van der Waals surface area contributed by atoms with E-state index < -0.39 is 5.41 Å². The van der Waals surface area contributed by atoms with Crippen molar-refractivity contribution in [3.63, 3.8) is 0 Å². The molecule has 170 valence electrons. The van der Waals surface area contributed by atoms with Crippen LogP contribution in [0, 0.1) is 5.41 Å². The lowest BCUT2D eigenvalue weighted by Gasteiger charge is -2.42. The Balaban J connectivity index is 1.47. The van der Waals surface area contributed by atoms with E-state index in [2.05, 4.69) is 25.6 Å². The van der Waals surface area contributed by atoms with Crippen molar-refractivity contribution in [1.82, 2.24) is 20.3 Å². The molecule has 4 rings (SSSR count). The van der Waals surface area contributed by atoms with Crippen molar-refractivity contribution >= 4 is 23.5 Å². The predicted molar refractivity (Wildman–Crippen MR) is 127 cm³/mol. The first-order valence-electron chi connectivity index (χ1n) is 10.8. The van der Waals surface area contributed by atoms with E-state index in [4.69, 9.17) is 15.9 Å². The minimum Gasteiger partial charge on any atom is -0.383 e. The van der Waals surface area contributed by atoms with Crippen LogP contribution in [-0.2, 0) is 10.2 Å². The number of methoxy groups -OCH3 is 1. The highest BCUT2D eigenvalue weighted by Gasteiger charge is 2.43. The van der Waals surface area contributed by atoms with Crippen molar-refractivity contribution in [3.8, 4) is 11.1 Å². The summed E-state index contributed by atoms with van der Waals surface area (Å²) in [5.74, 6) is 0.721. The zero-order valence-electron chi connectivity index (χ0n) is 18.5. The predicted octanol–water partition coefficient (Wildman–Crippen LogP) is 3.01.